The normalized spacial score (nSPS) is 13.1. The molecule has 1 aromatic heterocycles. The zero-order chi connectivity index (χ0) is 32.4. The highest BCUT2D eigenvalue weighted by Gasteiger charge is 2.36. The van der Waals surface area contributed by atoms with Gasteiger partial charge in [-0.3, -0.25) is 0 Å². The van der Waals surface area contributed by atoms with Crippen LogP contribution in [0.15, 0.2) is 164 Å². The van der Waals surface area contributed by atoms with Crippen molar-refractivity contribution in [2.24, 2.45) is 0 Å². The molecule has 8 aromatic rings. The molecule has 1 aliphatic carbocycles. The minimum absolute atomic E-state index is 0.0612. The van der Waals surface area contributed by atoms with Crippen molar-refractivity contribution in [1.29, 1.82) is 0 Å². The van der Waals surface area contributed by atoms with E-state index in [-0.39, 0.29) is 5.41 Å². The first-order chi connectivity index (χ1) is 23.5. The summed E-state index contributed by atoms with van der Waals surface area (Å²) in [5.41, 5.74) is 16.2. The van der Waals surface area contributed by atoms with Crippen LogP contribution < -0.4 is 4.90 Å². The molecule has 0 aliphatic heterocycles. The van der Waals surface area contributed by atoms with Gasteiger partial charge in [-0.05, 0) is 119 Å². The van der Waals surface area contributed by atoms with Gasteiger partial charge in [-0.2, -0.15) is 0 Å². The van der Waals surface area contributed by atoms with Crippen LogP contribution in [0.1, 0.15) is 30.5 Å². The highest BCUT2D eigenvalue weighted by atomic mass is 15.1. The number of aromatic nitrogens is 1. The minimum atomic E-state index is -0.0612. The van der Waals surface area contributed by atoms with Crippen molar-refractivity contribution >= 4 is 38.9 Å². The molecule has 1 heterocycles. The van der Waals surface area contributed by atoms with Crippen molar-refractivity contribution in [3.63, 3.8) is 0 Å². The Hall–Kier alpha value is -5.86. The number of rotatable bonds is 5. The van der Waals surface area contributed by atoms with Gasteiger partial charge < -0.3 is 9.47 Å². The van der Waals surface area contributed by atoms with E-state index in [0.717, 1.165) is 17.1 Å². The lowest BCUT2D eigenvalue weighted by Crippen LogP contribution is -2.14. The number of aryl methyl sites for hydroxylation is 1. The van der Waals surface area contributed by atoms with Crippen LogP contribution in [-0.4, -0.2) is 4.57 Å². The maximum absolute atomic E-state index is 2.46. The third-order valence-electron chi connectivity index (χ3n) is 10.2. The lowest BCUT2D eigenvalue weighted by molar-refractivity contribution is 0.661. The average Bonchev–Trinajstić information content (AvgIpc) is 3.56. The molecule has 48 heavy (non-hydrogen) atoms. The molecule has 0 saturated heterocycles. The zero-order valence-corrected chi connectivity index (χ0v) is 27.5. The van der Waals surface area contributed by atoms with E-state index in [1.54, 1.807) is 0 Å². The highest BCUT2D eigenvalue weighted by molar-refractivity contribution is 6.12. The van der Waals surface area contributed by atoms with Crippen LogP contribution >= 0.6 is 0 Å². The van der Waals surface area contributed by atoms with Crippen LogP contribution in [-0.2, 0) is 5.41 Å². The van der Waals surface area contributed by atoms with Crippen LogP contribution in [0.3, 0.4) is 0 Å². The van der Waals surface area contributed by atoms with Gasteiger partial charge in [-0.15, -0.1) is 0 Å². The van der Waals surface area contributed by atoms with Crippen molar-refractivity contribution in [3.05, 3.63) is 180 Å². The largest absolute Gasteiger partial charge is 0.311 e. The number of benzene rings is 7. The molecule has 9 rings (SSSR count). The molecule has 0 radical (unpaired) electrons. The fraction of sp³-hybridized carbons (Fsp3) is 0.0870. The quantitative estimate of drug-likeness (QED) is 0.187. The molecule has 0 atom stereocenters. The van der Waals surface area contributed by atoms with Gasteiger partial charge in [0.1, 0.15) is 0 Å². The topological polar surface area (TPSA) is 8.17 Å². The summed E-state index contributed by atoms with van der Waals surface area (Å²) < 4.78 is 2.46. The van der Waals surface area contributed by atoms with Crippen molar-refractivity contribution in [3.8, 4) is 27.9 Å². The lowest BCUT2D eigenvalue weighted by Gasteiger charge is -2.25. The summed E-state index contributed by atoms with van der Waals surface area (Å²) >= 11 is 0. The van der Waals surface area contributed by atoms with E-state index in [0.29, 0.717) is 0 Å². The Morgan fingerprint density at radius 3 is 1.79 bits per heavy atom. The van der Waals surface area contributed by atoms with Crippen LogP contribution in [0.4, 0.5) is 17.1 Å². The van der Waals surface area contributed by atoms with E-state index in [1.165, 1.54) is 66.4 Å². The zero-order valence-electron chi connectivity index (χ0n) is 27.5. The second-order valence-corrected chi connectivity index (χ2v) is 13.5. The Balaban J connectivity index is 1.22. The summed E-state index contributed by atoms with van der Waals surface area (Å²) in [5.74, 6) is 0. The number of fused-ring (bicyclic) bond motifs is 6. The number of nitrogens with zero attached hydrogens (tertiary/aromatic N) is 2. The van der Waals surface area contributed by atoms with Gasteiger partial charge in [0.25, 0.3) is 0 Å². The molecular formula is C46H36N2. The molecule has 0 N–H and O–H groups in total. The first kappa shape index (κ1) is 28.4. The van der Waals surface area contributed by atoms with Crippen LogP contribution in [0.2, 0.25) is 0 Å². The molecule has 0 amide bonds. The van der Waals surface area contributed by atoms with Crippen molar-refractivity contribution in [2.45, 2.75) is 26.2 Å². The first-order valence-corrected chi connectivity index (χ1v) is 16.8. The van der Waals surface area contributed by atoms with Gasteiger partial charge in [0.05, 0.1) is 11.0 Å². The van der Waals surface area contributed by atoms with E-state index in [1.807, 2.05) is 0 Å². The Morgan fingerprint density at radius 1 is 0.458 bits per heavy atom. The van der Waals surface area contributed by atoms with E-state index in [2.05, 4.69) is 194 Å². The van der Waals surface area contributed by atoms with Gasteiger partial charge >= 0.3 is 0 Å². The van der Waals surface area contributed by atoms with E-state index >= 15 is 0 Å². The number of para-hydroxylation sites is 2. The number of anilines is 3. The Bertz CT molecular complexity index is 2430. The highest BCUT2D eigenvalue weighted by Crippen LogP contribution is 2.51. The van der Waals surface area contributed by atoms with Crippen LogP contribution in [0.25, 0.3) is 49.7 Å². The minimum Gasteiger partial charge on any atom is -0.311 e. The molecule has 7 aromatic carbocycles. The summed E-state index contributed by atoms with van der Waals surface area (Å²) in [6.45, 7) is 6.90. The maximum atomic E-state index is 2.46. The van der Waals surface area contributed by atoms with Gasteiger partial charge in [0.2, 0.25) is 0 Å². The Kier molecular flexibility index (Phi) is 6.42. The standard InChI is InChI=1S/C46H36N2/c1-31-13-12-18-37(27-31)48-44-26-23-33(28-40(44)41-29-39-38-19-10-11-20-42(38)46(2,3)43(39)30-45(41)48)32-21-24-36(25-22-32)47(34-14-6-4-7-15-34)35-16-8-5-9-17-35/h4-30H,1-3H3. The predicted octanol–water partition coefficient (Wildman–Crippen LogP) is 12.5. The van der Waals surface area contributed by atoms with E-state index < -0.39 is 0 Å². The summed E-state index contributed by atoms with van der Waals surface area (Å²) in [6, 6.07) is 59.8. The average molecular weight is 617 g/mol. The molecule has 0 unspecified atom stereocenters. The number of hydrogen-bond donors (Lipinski definition) is 0. The summed E-state index contributed by atoms with van der Waals surface area (Å²) in [6.07, 6.45) is 0. The molecule has 2 heteroatoms. The molecule has 230 valence electrons. The van der Waals surface area contributed by atoms with Crippen LogP contribution in [0.5, 0.6) is 0 Å². The SMILES string of the molecule is Cc1cccc(-n2c3ccc(-c4ccc(N(c5ccccc5)c5ccccc5)cc4)cc3c3cc4c(cc32)C(C)(C)c2ccccc2-4)c1. The molecule has 0 spiro atoms. The molecule has 2 nitrogen and oxygen atoms in total. The second-order valence-electron chi connectivity index (χ2n) is 13.5. The summed E-state index contributed by atoms with van der Waals surface area (Å²) in [7, 11) is 0. The molecule has 0 bridgehead atoms. The van der Waals surface area contributed by atoms with Crippen molar-refractivity contribution in [2.75, 3.05) is 4.90 Å². The molecule has 0 fully saturated rings. The second kappa shape index (κ2) is 10.9. The third-order valence-corrected chi connectivity index (χ3v) is 10.2. The van der Waals surface area contributed by atoms with Gasteiger partial charge in [0.15, 0.2) is 0 Å². The van der Waals surface area contributed by atoms with Crippen molar-refractivity contribution < 1.29 is 0 Å². The van der Waals surface area contributed by atoms with Crippen molar-refractivity contribution in [1.82, 2.24) is 4.57 Å². The van der Waals surface area contributed by atoms with Crippen LogP contribution in [0, 0.1) is 6.92 Å². The van der Waals surface area contributed by atoms with Gasteiger partial charge in [-0.1, -0.05) is 105 Å². The van der Waals surface area contributed by atoms with E-state index in [4.69, 9.17) is 0 Å². The number of hydrogen-bond acceptors (Lipinski definition) is 1. The monoisotopic (exact) mass is 616 g/mol. The van der Waals surface area contributed by atoms with Gasteiger partial charge in [0, 0.05) is 38.9 Å². The lowest BCUT2D eigenvalue weighted by atomic mass is 9.82. The van der Waals surface area contributed by atoms with E-state index in [9.17, 15) is 0 Å². The molecule has 0 saturated carbocycles. The third kappa shape index (κ3) is 4.41. The Morgan fingerprint density at radius 2 is 1.08 bits per heavy atom. The Labute approximate surface area is 282 Å². The van der Waals surface area contributed by atoms with Gasteiger partial charge in [-0.25, -0.2) is 0 Å². The molecule has 1 aliphatic rings. The maximum Gasteiger partial charge on any atom is 0.0544 e. The summed E-state index contributed by atoms with van der Waals surface area (Å²) in [5, 5.41) is 2.56. The summed E-state index contributed by atoms with van der Waals surface area (Å²) in [4.78, 5) is 2.31. The first-order valence-electron chi connectivity index (χ1n) is 16.8. The fourth-order valence-corrected chi connectivity index (χ4v) is 7.84. The predicted molar refractivity (Wildman–Crippen MR) is 203 cm³/mol. The fourth-order valence-electron chi connectivity index (χ4n) is 7.84. The molecular weight excluding hydrogens is 581 g/mol. The smallest absolute Gasteiger partial charge is 0.0544 e.